The Bertz CT molecular complexity index is 430. The van der Waals surface area contributed by atoms with Crippen molar-refractivity contribution in [2.45, 2.75) is 13.5 Å². The molecule has 0 fully saturated rings. The summed E-state index contributed by atoms with van der Waals surface area (Å²) in [6.45, 7) is 2.03. The highest BCUT2D eigenvalue weighted by atomic mass is 16.4. The number of rotatable bonds is 5. The molecule has 2 N–H and O–H groups in total. The molecular formula is C11H18N4O3. The summed E-state index contributed by atoms with van der Waals surface area (Å²) in [6, 6.07) is -0.314. The Balaban J connectivity index is 2.42. The van der Waals surface area contributed by atoms with Crippen molar-refractivity contribution in [2.75, 3.05) is 13.6 Å². The number of aliphatic carboxylic acids is 1. The number of nitrogens with zero attached hydrogens (tertiary/aromatic N) is 3. The molecular weight excluding hydrogens is 236 g/mol. The topological polar surface area (TPSA) is 87.5 Å². The molecule has 100 valence electrons. The number of aromatic nitrogens is 2. The normalized spacial score (nSPS) is 11.9. The van der Waals surface area contributed by atoms with E-state index in [0.29, 0.717) is 6.54 Å². The number of hydrogen-bond donors (Lipinski definition) is 2. The van der Waals surface area contributed by atoms with Gasteiger partial charge in [0, 0.05) is 33.0 Å². The largest absolute Gasteiger partial charge is 0.481 e. The summed E-state index contributed by atoms with van der Waals surface area (Å²) in [5, 5.41) is 11.3. The van der Waals surface area contributed by atoms with Gasteiger partial charge in [-0.1, -0.05) is 6.92 Å². The molecule has 0 saturated heterocycles. The summed E-state index contributed by atoms with van der Waals surface area (Å²) >= 11 is 0. The lowest BCUT2D eigenvalue weighted by Crippen LogP contribution is -2.40. The Kier molecular flexibility index (Phi) is 4.70. The van der Waals surface area contributed by atoms with Gasteiger partial charge in [0.05, 0.1) is 12.5 Å². The quantitative estimate of drug-likeness (QED) is 0.790. The molecule has 0 spiro atoms. The van der Waals surface area contributed by atoms with Gasteiger partial charge in [0.2, 0.25) is 0 Å². The van der Waals surface area contributed by atoms with Gasteiger partial charge in [-0.2, -0.15) is 0 Å². The number of carbonyl (C=O) groups is 2. The molecule has 0 radical (unpaired) electrons. The second-order valence-corrected chi connectivity index (χ2v) is 4.24. The lowest BCUT2D eigenvalue weighted by atomic mass is 10.2. The average molecular weight is 254 g/mol. The van der Waals surface area contributed by atoms with Crippen molar-refractivity contribution in [2.24, 2.45) is 13.0 Å². The summed E-state index contributed by atoms with van der Waals surface area (Å²) in [5.41, 5.74) is 0. The van der Waals surface area contributed by atoms with Crippen molar-refractivity contribution in [1.29, 1.82) is 0 Å². The van der Waals surface area contributed by atoms with E-state index in [-0.39, 0.29) is 12.6 Å². The van der Waals surface area contributed by atoms with Crippen molar-refractivity contribution >= 4 is 12.0 Å². The number of amides is 2. The number of carboxylic acids is 1. The molecule has 0 aromatic carbocycles. The van der Waals surface area contributed by atoms with Crippen LogP contribution in [0.5, 0.6) is 0 Å². The number of carboxylic acid groups (broad SMARTS) is 1. The first-order valence-electron chi connectivity index (χ1n) is 5.59. The standard InChI is InChI=1S/C11H18N4O3/c1-8(10(16)17)6-13-11(18)15(3)7-9-12-4-5-14(9)2/h4-5,8H,6-7H2,1-3H3,(H,13,18)(H,16,17). The number of urea groups is 1. The minimum atomic E-state index is -0.929. The van der Waals surface area contributed by atoms with Gasteiger partial charge >= 0.3 is 12.0 Å². The van der Waals surface area contributed by atoms with E-state index in [1.807, 2.05) is 11.6 Å². The van der Waals surface area contributed by atoms with Crippen LogP contribution in [-0.2, 0) is 18.4 Å². The maximum absolute atomic E-state index is 11.7. The molecule has 7 heteroatoms. The van der Waals surface area contributed by atoms with E-state index >= 15 is 0 Å². The second kappa shape index (κ2) is 6.04. The molecule has 2 amide bonds. The fourth-order valence-corrected chi connectivity index (χ4v) is 1.30. The van der Waals surface area contributed by atoms with Gasteiger partial charge in [-0.05, 0) is 0 Å². The Morgan fingerprint density at radius 3 is 2.78 bits per heavy atom. The highest BCUT2D eigenvalue weighted by Crippen LogP contribution is 2.00. The van der Waals surface area contributed by atoms with Crippen molar-refractivity contribution in [3.63, 3.8) is 0 Å². The van der Waals surface area contributed by atoms with Crippen LogP contribution < -0.4 is 5.32 Å². The van der Waals surface area contributed by atoms with Crippen molar-refractivity contribution in [3.8, 4) is 0 Å². The fraction of sp³-hybridized carbons (Fsp3) is 0.545. The van der Waals surface area contributed by atoms with Crippen LogP contribution in [0.15, 0.2) is 12.4 Å². The minimum absolute atomic E-state index is 0.110. The third-order valence-electron chi connectivity index (χ3n) is 2.63. The molecule has 0 aliphatic heterocycles. The highest BCUT2D eigenvalue weighted by Gasteiger charge is 2.15. The smallest absolute Gasteiger partial charge is 0.317 e. The summed E-state index contributed by atoms with van der Waals surface area (Å²) in [7, 11) is 3.48. The summed E-state index contributed by atoms with van der Waals surface area (Å²) in [4.78, 5) is 27.9. The van der Waals surface area contributed by atoms with E-state index in [0.717, 1.165) is 5.82 Å². The van der Waals surface area contributed by atoms with Crippen molar-refractivity contribution < 1.29 is 14.7 Å². The van der Waals surface area contributed by atoms with Crippen LogP contribution in [0.2, 0.25) is 0 Å². The molecule has 1 atom stereocenters. The Morgan fingerprint density at radius 2 is 2.28 bits per heavy atom. The highest BCUT2D eigenvalue weighted by molar-refractivity contribution is 5.75. The zero-order valence-corrected chi connectivity index (χ0v) is 10.8. The Hall–Kier alpha value is -2.05. The maximum atomic E-state index is 11.7. The number of imidazole rings is 1. The SMILES string of the molecule is CC(CNC(=O)N(C)Cc1nccn1C)C(=O)O. The number of hydrogen-bond acceptors (Lipinski definition) is 3. The molecule has 7 nitrogen and oxygen atoms in total. The fourth-order valence-electron chi connectivity index (χ4n) is 1.30. The first kappa shape index (κ1) is 14.0. The van der Waals surface area contributed by atoms with Gasteiger partial charge in [0.1, 0.15) is 5.82 Å². The van der Waals surface area contributed by atoms with Crippen molar-refractivity contribution in [3.05, 3.63) is 18.2 Å². The van der Waals surface area contributed by atoms with E-state index in [4.69, 9.17) is 5.11 Å². The lowest BCUT2D eigenvalue weighted by Gasteiger charge is -2.18. The van der Waals surface area contributed by atoms with Crippen LogP contribution in [0, 0.1) is 5.92 Å². The van der Waals surface area contributed by atoms with Crippen molar-refractivity contribution in [1.82, 2.24) is 19.8 Å². The number of carbonyl (C=O) groups excluding carboxylic acids is 1. The monoisotopic (exact) mass is 254 g/mol. The lowest BCUT2D eigenvalue weighted by molar-refractivity contribution is -0.140. The average Bonchev–Trinajstić information content (AvgIpc) is 2.71. The first-order chi connectivity index (χ1) is 8.41. The molecule has 1 unspecified atom stereocenters. The molecule has 0 saturated carbocycles. The van der Waals surface area contributed by atoms with E-state index in [2.05, 4.69) is 10.3 Å². The van der Waals surface area contributed by atoms with Crippen LogP contribution in [-0.4, -0.2) is 45.2 Å². The predicted octanol–water partition coefficient (Wildman–Crippen LogP) is 0.282. The van der Waals surface area contributed by atoms with Crippen LogP contribution >= 0.6 is 0 Å². The zero-order valence-electron chi connectivity index (χ0n) is 10.8. The number of aryl methyl sites for hydroxylation is 1. The van der Waals surface area contributed by atoms with Crippen LogP contribution in [0.3, 0.4) is 0 Å². The molecule has 1 aromatic heterocycles. The van der Waals surface area contributed by atoms with Gasteiger partial charge in [-0.3, -0.25) is 4.79 Å². The Labute approximate surface area is 105 Å². The number of nitrogens with one attached hydrogen (secondary N) is 1. The Morgan fingerprint density at radius 1 is 1.61 bits per heavy atom. The molecule has 1 heterocycles. The predicted molar refractivity (Wildman–Crippen MR) is 64.9 cm³/mol. The molecule has 1 rings (SSSR count). The minimum Gasteiger partial charge on any atom is -0.481 e. The molecule has 0 aliphatic rings. The maximum Gasteiger partial charge on any atom is 0.317 e. The van der Waals surface area contributed by atoms with E-state index in [1.54, 1.807) is 26.4 Å². The zero-order chi connectivity index (χ0) is 13.7. The van der Waals surface area contributed by atoms with E-state index in [1.165, 1.54) is 4.90 Å². The third-order valence-corrected chi connectivity index (χ3v) is 2.63. The molecule has 18 heavy (non-hydrogen) atoms. The molecule has 0 bridgehead atoms. The van der Waals surface area contributed by atoms with E-state index < -0.39 is 11.9 Å². The third kappa shape index (κ3) is 3.76. The first-order valence-corrected chi connectivity index (χ1v) is 5.59. The van der Waals surface area contributed by atoms with Crippen LogP contribution in [0.1, 0.15) is 12.7 Å². The van der Waals surface area contributed by atoms with Gasteiger partial charge in [0.25, 0.3) is 0 Å². The summed E-state index contributed by atoms with van der Waals surface area (Å²) in [6.07, 6.45) is 3.46. The second-order valence-electron chi connectivity index (χ2n) is 4.24. The summed E-state index contributed by atoms with van der Waals surface area (Å²) < 4.78 is 1.82. The van der Waals surface area contributed by atoms with Crippen LogP contribution in [0.4, 0.5) is 4.79 Å². The molecule has 0 aliphatic carbocycles. The van der Waals surface area contributed by atoms with Gasteiger partial charge in [-0.15, -0.1) is 0 Å². The van der Waals surface area contributed by atoms with E-state index in [9.17, 15) is 9.59 Å². The summed E-state index contributed by atoms with van der Waals surface area (Å²) in [5.74, 6) is -0.767. The van der Waals surface area contributed by atoms with Crippen LogP contribution in [0.25, 0.3) is 0 Å². The van der Waals surface area contributed by atoms with Gasteiger partial charge in [-0.25, -0.2) is 9.78 Å². The van der Waals surface area contributed by atoms with Gasteiger partial charge in [0.15, 0.2) is 0 Å². The molecule has 1 aromatic rings. The van der Waals surface area contributed by atoms with Gasteiger partial charge < -0.3 is 19.9 Å².